The first-order valence-electron chi connectivity index (χ1n) is 7.38. The van der Waals surface area contributed by atoms with Crippen LogP contribution in [0, 0.1) is 13.8 Å². The predicted molar refractivity (Wildman–Crippen MR) is 86.4 cm³/mol. The summed E-state index contributed by atoms with van der Waals surface area (Å²) in [5, 5.41) is 0. The maximum atomic E-state index is 6.18. The van der Waals surface area contributed by atoms with E-state index < -0.39 is 0 Å². The Morgan fingerprint density at radius 2 is 1.35 bits per heavy atom. The summed E-state index contributed by atoms with van der Waals surface area (Å²) in [6, 6.07) is 13.0. The van der Waals surface area contributed by atoms with E-state index in [1.807, 2.05) is 13.8 Å². The molecule has 1 aliphatic rings. The second-order valence-corrected chi connectivity index (χ2v) is 5.66. The molecule has 1 aliphatic heterocycles. The summed E-state index contributed by atoms with van der Waals surface area (Å²) in [4.78, 5) is 0. The van der Waals surface area contributed by atoms with Crippen LogP contribution in [0.4, 0.5) is 0 Å². The molecule has 0 saturated heterocycles. The van der Waals surface area contributed by atoms with Gasteiger partial charge in [-0.1, -0.05) is 49.7 Å². The number of rotatable bonds is 0. The van der Waals surface area contributed by atoms with Crippen LogP contribution in [0.5, 0.6) is 5.75 Å². The zero-order valence-corrected chi connectivity index (χ0v) is 13.4. The third kappa shape index (κ3) is 2.45. The average molecular weight is 268 g/mol. The van der Waals surface area contributed by atoms with Gasteiger partial charge >= 0.3 is 0 Å². The smallest absolute Gasteiger partial charge is 0.129 e. The van der Waals surface area contributed by atoms with E-state index in [2.05, 4.69) is 64.1 Å². The number of benzene rings is 2. The van der Waals surface area contributed by atoms with Gasteiger partial charge in [0, 0.05) is 11.1 Å². The highest BCUT2D eigenvalue weighted by Gasteiger charge is 2.32. The second kappa shape index (κ2) is 5.32. The van der Waals surface area contributed by atoms with E-state index in [1.54, 1.807) is 0 Å². The van der Waals surface area contributed by atoms with E-state index in [1.165, 1.54) is 27.8 Å². The van der Waals surface area contributed by atoms with Gasteiger partial charge < -0.3 is 4.74 Å². The van der Waals surface area contributed by atoms with Crippen LogP contribution in [-0.2, 0) is 5.60 Å². The summed E-state index contributed by atoms with van der Waals surface area (Å²) in [5.41, 5.74) is 6.03. The standard InChI is InChI=1S/C17H18O.C2H6/c1-11-5-7-13-14-8-6-12(2)10-16(14)18-17(3,4)15(13)9-11;1-2/h5-10H,1-4H3;1-2H3. The van der Waals surface area contributed by atoms with E-state index in [4.69, 9.17) is 4.74 Å². The van der Waals surface area contributed by atoms with Gasteiger partial charge in [0.2, 0.25) is 0 Å². The number of aryl methyl sites for hydroxylation is 2. The molecular weight excluding hydrogens is 244 g/mol. The molecular formula is C19H24O. The van der Waals surface area contributed by atoms with Crippen molar-refractivity contribution in [3.63, 3.8) is 0 Å². The number of ether oxygens (including phenoxy) is 1. The third-order valence-electron chi connectivity index (χ3n) is 3.62. The molecule has 0 radical (unpaired) electrons. The molecule has 1 heterocycles. The molecule has 0 fully saturated rings. The first-order valence-corrected chi connectivity index (χ1v) is 7.38. The van der Waals surface area contributed by atoms with Crippen molar-refractivity contribution in [3.05, 3.63) is 53.1 Å². The maximum absolute atomic E-state index is 6.18. The highest BCUT2D eigenvalue weighted by molar-refractivity contribution is 5.77. The molecule has 0 saturated carbocycles. The van der Waals surface area contributed by atoms with Crippen molar-refractivity contribution < 1.29 is 4.74 Å². The molecule has 0 aromatic heterocycles. The number of hydrogen-bond donors (Lipinski definition) is 0. The van der Waals surface area contributed by atoms with Gasteiger partial charge in [-0.25, -0.2) is 0 Å². The normalized spacial score (nSPS) is 14.3. The minimum atomic E-state index is -0.262. The summed E-state index contributed by atoms with van der Waals surface area (Å²) in [6.07, 6.45) is 0. The predicted octanol–water partition coefficient (Wildman–Crippen LogP) is 5.62. The molecule has 2 aromatic rings. The lowest BCUT2D eigenvalue weighted by molar-refractivity contribution is 0.105. The minimum Gasteiger partial charge on any atom is -0.482 e. The summed E-state index contributed by atoms with van der Waals surface area (Å²) in [6.45, 7) is 12.5. The SMILES string of the molecule is CC.Cc1ccc2c(c1)OC(C)(C)c1cc(C)ccc1-2. The van der Waals surface area contributed by atoms with Crippen molar-refractivity contribution in [2.45, 2.75) is 47.1 Å². The monoisotopic (exact) mass is 268 g/mol. The van der Waals surface area contributed by atoms with Crippen LogP contribution in [0.3, 0.4) is 0 Å². The summed E-state index contributed by atoms with van der Waals surface area (Å²) < 4.78 is 6.18. The summed E-state index contributed by atoms with van der Waals surface area (Å²) >= 11 is 0. The molecule has 0 spiro atoms. The van der Waals surface area contributed by atoms with Crippen LogP contribution < -0.4 is 4.74 Å². The zero-order valence-electron chi connectivity index (χ0n) is 13.4. The van der Waals surface area contributed by atoms with Crippen molar-refractivity contribution in [1.82, 2.24) is 0 Å². The fourth-order valence-electron chi connectivity index (χ4n) is 2.66. The van der Waals surface area contributed by atoms with Crippen molar-refractivity contribution >= 4 is 0 Å². The molecule has 0 atom stereocenters. The van der Waals surface area contributed by atoms with E-state index in [0.717, 1.165) is 5.75 Å². The number of hydrogen-bond acceptors (Lipinski definition) is 1. The maximum Gasteiger partial charge on any atom is 0.129 e. The highest BCUT2D eigenvalue weighted by Crippen LogP contribution is 2.45. The largest absolute Gasteiger partial charge is 0.482 e. The summed E-state index contributed by atoms with van der Waals surface area (Å²) in [5.74, 6) is 0.997. The van der Waals surface area contributed by atoms with Crippen LogP contribution in [0.2, 0.25) is 0 Å². The molecule has 0 unspecified atom stereocenters. The Morgan fingerprint density at radius 3 is 2.00 bits per heavy atom. The van der Waals surface area contributed by atoms with Gasteiger partial charge in [0.15, 0.2) is 0 Å². The fourth-order valence-corrected chi connectivity index (χ4v) is 2.66. The van der Waals surface area contributed by atoms with E-state index >= 15 is 0 Å². The van der Waals surface area contributed by atoms with Gasteiger partial charge in [-0.2, -0.15) is 0 Å². The van der Waals surface area contributed by atoms with Gasteiger partial charge in [-0.3, -0.25) is 0 Å². The molecule has 1 heteroatoms. The minimum absolute atomic E-state index is 0.262. The van der Waals surface area contributed by atoms with Crippen LogP contribution in [-0.4, -0.2) is 0 Å². The first-order chi connectivity index (χ1) is 9.47. The summed E-state index contributed by atoms with van der Waals surface area (Å²) in [7, 11) is 0. The Balaban J connectivity index is 0.000000704. The van der Waals surface area contributed by atoms with Crippen molar-refractivity contribution in [3.8, 4) is 16.9 Å². The Labute approximate surface area is 122 Å². The molecule has 20 heavy (non-hydrogen) atoms. The Bertz CT molecular complexity index is 624. The average Bonchev–Trinajstić information content (AvgIpc) is 2.40. The molecule has 2 aromatic carbocycles. The second-order valence-electron chi connectivity index (χ2n) is 5.66. The lowest BCUT2D eigenvalue weighted by atomic mass is 9.85. The zero-order chi connectivity index (χ0) is 14.9. The molecule has 106 valence electrons. The molecule has 0 aliphatic carbocycles. The van der Waals surface area contributed by atoms with Gasteiger partial charge in [-0.15, -0.1) is 0 Å². The van der Waals surface area contributed by atoms with Crippen LogP contribution >= 0.6 is 0 Å². The Kier molecular flexibility index (Phi) is 3.89. The van der Waals surface area contributed by atoms with Crippen molar-refractivity contribution in [2.75, 3.05) is 0 Å². The molecule has 1 nitrogen and oxygen atoms in total. The fraction of sp³-hybridized carbons (Fsp3) is 0.368. The highest BCUT2D eigenvalue weighted by atomic mass is 16.5. The van der Waals surface area contributed by atoms with Gasteiger partial charge in [-0.05, 0) is 44.9 Å². The number of fused-ring (bicyclic) bond motifs is 3. The Morgan fingerprint density at radius 1 is 0.800 bits per heavy atom. The van der Waals surface area contributed by atoms with Gasteiger partial charge in [0.05, 0.1) is 0 Å². The first kappa shape index (κ1) is 14.6. The topological polar surface area (TPSA) is 9.23 Å². The lowest BCUT2D eigenvalue weighted by Crippen LogP contribution is -2.29. The molecule has 0 N–H and O–H groups in total. The lowest BCUT2D eigenvalue weighted by Gasteiger charge is -2.35. The van der Waals surface area contributed by atoms with E-state index in [-0.39, 0.29) is 5.60 Å². The molecule has 0 bridgehead atoms. The van der Waals surface area contributed by atoms with E-state index in [9.17, 15) is 0 Å². The molecule has 3 rings (SSSR count). The quantitative estimate of drug-likeness (QED) is 0.602. The third-order valence-corrected chi connectivity index (χ3v) is 3.62. The van der Waals surface area contributed by atoms with Gasteiger partial charge in [0.25, 0.3) is 0 Å². The van der Waals surface area contributed by atoms with Crippen LogP contribution in [0.15, 0.2) is 36.4 Å². The van der Waals surface area contributed by atoms with Crippen molar-refractivity contribution in [2.24, 2.45) is 0 Å². The van der Waals surface area contributed by atoms with Gasteiger partial charge in [0.1, 0.15) is 11.4 Å². The van der Waals surface area contributed by atoms with Crippen molar-refractivity contribution in [1.29, 1.82) is 0 Å². The van der Waals surface area contributed by atoms with Crippen LogP contribution in [0.25, 0.3) is 11.1 Å². The Hall–Kier alpha value is -1.76. The van der Waals surface area contributed by atoms with E-state index in [0.29, 0.717) is 0 Å². The molecule has 0 amide bonds. The van der Waals surface area contributed by atoms with Crippen LogP contribution in [0.1, 0.15) is 44.4 Å².